The Balaban J connectivity index is 0.00000126. The van der Waals surface area contributed by atoms with E-state index in [0.717, 1.165) is 11.8 Å². The molecule has 2 aliphatic rings. The lowest BCUT2D eigenvalue weighted by atomic mass is 9.98. The van der Waals surface area contributed by atoms with Gasteiger partial charge in [0.25, 0.3) is 0 Å². The second-order valence-electron chi connectivity index (χ2n) is 6.13. The Morgan fingerprint density at radius 1 is 1.37 bits per heavy atom. The van der Waals surface area contributed by atoms with Gasteiger partial charge in [0.1, 0.15) is 12.9 Å². The van der Waals surface area contributed by atoms with E-state index < -0.39 is 5.72 Å². The van der Waals surface area contributed by atoms with E-state index in [1.165, 1.54) is 4.90 Å². The summed E-state index contributed by atoms with van der Waals surface area (Å²) in [5.74, 6) is 0.382. The lowest BCUT2D eigenvalue weighted by molar-refractivity contribution is -0.386. The first-order valence-corrected chi connectivity index (χ1v) is 9.20. The van der Waals surface area contributed by atoms with Crippen molar-refractivity contribution in [3.63, 3.8) is 0 Å². The Bertz CT molecular complexity index is 700. The maximum Gasteiger partial charge on any atom is 0.241 e. The summed E-state index contributed by atoms with van der Waals surface area (Å²) in [6.07, 6.45) is 2.85. The van der Waals surface area contributed by atoms with Gasteiger partial charge in [0.05, 0.1) is 6.42 Å². The Labute approximate surface area is 160 Å². The second-order valence-corrected chi connectivity index (χ2v) is 6.13. The van der Waals surface area contributed by atoms with Crippen LogP contribution in [0.3, 0.4) is 0 Å². The van der Waals surface area contributed by atoms with Crippen molar-refractivity contribution in [1.82, 2.24) is 4.90 Å². The van der Waals surface area contributed by atoms with Crippen molar-refractivity contribution in [2.75, 3.05) is 0 Å². The summed E-state index contributed by atoms with van der Waals surface area (Å²) in [4.78, 5) is 35.8. The molecule has 2 heterocycles. The van der Waals surface area contributed by atoms with Crippen LogP contribution in [0.1, 0.15) is 45.6 Å². The maximum absolute atomic E-state index is 12.1. The Kier molecular flexibility index (Phi) is 7.33. The standard InChI is InChI=1S/C19H21NO5.C2H6/c1-3-10-19(25-23-13-15-7-5-4-6-8-15)18(14(2)9-11-21)24-17-12-16(22)20(17)19;1-2/h3-8,11,17H,1,9-10,12-13H2,2H3;1-2H3/b18-14+;/t17-,19?;/m1./s1. The minimum Gasteiger partial charge on any atom is -0.469 e. The fourth-order valence-corrected chi connectivity index (χ4v) is 3.17. The minimum absolute atomic E-state index is 0.0796. The van der Waals surface area contributed by atoms with Gasteiger partial charge >= 0.3 is 0 Å². The fraction of sp³-hybridized carbons (Fsp3) is 0.429. The summed E-state index contributed by atoms with van der Waals surface area (Å²) in [5, 5.41) is 0. The van der Waals surface area contributed by atoms with Crippen LogP contribution in [0.15, 0.2) is 54.3 Å². The van der Waals surface area contributed by atoms with Gasteiger partial charge in [-0.15, -0.1) is 6.58 Å². The third-order valence-electron chi connectivity index (χ3n) is 4.37. The van der Waals surface area contributed by atoms with Crippen molar-refractivity contribution >= 4 is 12.2 Å². The van der Waals surface area contributed by atoms with Gasteiger partial charge < -0.3 is 9.53 Å². The molecule has 1 aromatic carbocycles. The quantitative estimate of drug-likeness (QED) is 0.227. The number of β-lactam (4-membered cyclic amide) rings is 1. The number of ether oxygens (including phenoxy) is 1. The lowest BCUT2D eigenvalue weighted by Gasteiger charge is -2.41. The van der Waals surface area contributed by atoms with Gasteiger partial charge in [-0.3, -0.25) is 9.69 Å². The molecule has 0 radical (unpaired) electrons. The number of fused-ring (bicyclic) bond motifs is 1. The largest absolute Gasteiger partial charge is 0.469 e. The van der Waals surface area contributed by atoms with Gasteiger partial charge in [-0.05, 0) is 18.1 Å². The van der Waals surface area contributed by atoms with E-state index in [-0.39, 0.29) is 25.2 Å². The summed E-state index contributed by atoms with van der Waals surface area (Å²) < 4.78 is 5.89. The summed E-state index contributed by atoms with van der Waals surface area (Å²) >= 11 is 0. The Morgan fingerprint density at radius 3 is 2.67 bits per heavy atom. The number of allylic oxidation sites excluding steroid dienone is 1. The van der Waals surface area contributed by atoms with E-state index in [1.54, 1.807) is 13.0 Å². The number of rotatable bonds is 8. The van der Waals surface area contributed by atoms with Crippen molar-refractivity contribution in [2.24, 2.45) is 0 Å². The van der Waals surface area contributed by atoms with Crippen LogP contribution in [0.5, 0.6) is 0 Å². The van der Waals surface area contributed by atoms with Crippen LogP contribution in [-0.4, -0.2) is 29.0 Å². The molecule has 6 nitrogen and oxygen atoms in total. The number of hydrogen-bond donors (Lipinski definition) is 0. The molecule has 1 aromatic rings. The average molecular weight is 373 g/mol. The second kappa shape index (κ2) is 9.48. The van der Waals surface area contributed by atoms with E-state index in [1.807, 2.05) is 44.2 Å². The van der Waals surface area contributed by atoms with Crippen LogP contribution in [0.25, 0.3) is 0 Å². The van der Waals surface area contributed by atoms with Gasteiger partial charge in [0.2, 0.25) is 11.6 Å². The molecule has 1 unspecified atom stereocenters. The molecule has 0 aromatic heterocycles. The normalized spacial score (nSPS) is 24.8. The van der Waals surface area contributed by atoms with Crippen LogP contribution in [0.4, 0.5) is 0 Å². The van der Waals surface area contributed by atoms with Crippen LogP contribution in [0, 0.1) is 0 Å². The molecular formula is C21H27NO5. The van der Waals surface area contributed by atoms with Gasteiger partial charge in [-0.2, -0.15) is 4.89 Å². The SMILES string of the molecule is C=CCC1(OOCc2ccccc2)/C(=C(/C)CC=O)O[C@@H]2CC(=O)N21.CC. The lowest BCUT2D eigenvalue weighted by Crippen LogP contribution is -2.60. The van der Waals surface area contributed by atoms with E-state index >= 15 is 0 Å². The maximum atomic E-state index is 12.1. The van der Waals surface area contributed by atoms with Gasteiger partial charge in [0, 0.05) is 12.8 Å². The van der Waals surface area contributed by atoms with Crippen LogP contribution >= 0.6 is 0 Å². The third kappa shape index (κ3) is 4.12. The van der Waals surface area contributed by atoms with Crippen molar-refractivity contribution in [3.05, 3.63) is 59.9 Å². The zero-order chi connectivity index (χ0) is 19.9. The number of carbonyl (C=O) groups is 2. The molecule has 0 spiro atoms. The van der Waals surface area contributed by atoms with Crippen molar-refractivity contribution in [3.8, 4) is 0 Å². The highest BCUT2D eigenvalue weighted by atomic mass is 17.2. The summed E-state index contributed by atoms with van der Waals surface area (Å²) in [5.41, 5.74) is 0.447. The number of amides is 1. The fourth-order valence-electron chi connectivity index (χ4n) is 3.17. The number of benzene rings is 1. The minimum atomic E-state index is -1.20. The molecule has 2 saturated heterocycles. The Morgan fingerprint density at radius 2 is 2.07 bits per heavy atom. The molecule has 6 heteroatoms. The molecule has 0 saturated carbocycles. The highest BCUT2D eigenvalue weighted by Crippen LogP contribution is 2.48. The number of hydrogen-bond acceptors (Lipinski definition) is 5. The molecule has 0 bridgehead atoms. The van der Waals surface area contributed by atoms with Gasteiger partial charge in [-0.25, -0.2) is 4.89 Å². The Hall–Kier alpha value is -2.44. The number of carbonyl (C=O) groups excluding carboxylic acids is 2. The first-order valence-electron chi connectivity index (χ1n) is 9.20. The molecule has 2 aliphatic heterocycles. The summed E-state index contributed by atoms with van der Waals surface area (Å²) in [6.45, 7) is 9.78. The first kappa shape index (κ1) is 20.9. The smallest absolute Gasteiger partial charge is 0.241 e. The molecular weight excluding hydrogens is 346 g/mol. The molecule has 2 atom stereocenters. The molecule has 1 amide bonds. The number of aldehydes is 1. The molecule has 3 rings (SSSR count). The molecule has 27 heavy (non-hydrogen) atoms. The highest BCUT2D eigenvalue weighted by Gasteiger charge is 2.62. The van der Waals surface area contributed by atoms with Gasteiger partial charge in [-0.1, -0.05) is 50.3 Å². The summed E-state index contributed by atoms with van der Waals surface area (Å²) in [6, 6.07) is 9.57. The molecule has 0 aliphatic carbocycles. The predicted octanol–water partition coefficient (Wildman–Crippen LogP) is 3.89. The first-order chi connectivity index (χ1) is 13.1. The average Bonchev–Trinajstić information content (AvgIpc) is 2.92. The topological polar surface area (TPSA) is 65.1 Å². The van der Waals surface area contributed by atoms with Crippen molar-refractivity contribution in [2.45, 2.75) is 58.6 Å². The highest BCUT2D eigenvalue weighted by molar-refractivity contribution is 5.84. The molecule has 0 N–H and O–H groups in total. The van der Waals surface area contributed by atoms with E-state index in [9.17, 15) is 9.59 Å². The molecule has 146 valence electrons. The van der Waals surface area contributed by atoms with Crippen molar-refractivity contribution < 1.29 is 24.1 Å². The van der Waals surface area contributed by atoms with Gasteiger partial charge in [0.15, 0.2) is 12.0 Å². The van der Waals surface area contributed by atoms with E-state index in [2.05, 4.69) is 6.58 Å². The number of nitrogens with zero attached hydrogens (tertiary/aromatic N) is 1. The van der Waals surface area contributed by atoms with Crippen LogP contribution in [-0.2, 0) is 30.7 Å². The molecule has 2 fully saturated rings. The monoisotopic (exact) mass is 373 g/mol. The third-order valence-corrected chi connectivity index (χ3v) is 4.37. The predicted molar refractivity (Wildman–Crippen MR) is 101 cm³/mol. The van der Waals surface area contributed by atoms with E-state index in [4.69, 9.17) is 14.5 Å². The summed E-state index contributed by atoms with van der Waals surface area (Å²) in [7, 11) is 0. The van der Waals surface area contributed by atoms with Crippen LogP contribution < -0.4 is 0 Å². The zero-order valence-electron chi connectivity index (χ0n) is 16.1. The zero-order valence-corrected chi connectivity index (χ0v) is 16.1. The van der Waals surface area contributed by atoms with E-state index in [0.29, 0.717) is 24.2 Å². The van der Waals surface area contributed by atoms with Crippen molar-refractivity contribution in [1.29, 1.82) is 0 Å². The van der Waals surface area contributed by atoms with Crippen LogP contribution in [0.2, 0.25) is 0 Å².